The molecule has 4 N–H and O–H groups in total. The third-order valence-corrected chi connectivity index (χ3v) is 2.65. The van der Waals surface area contributed by atoms with Gasteiger partial charge in [0.05, 0.1) is 7.11 Å². The number of anilines is 3. The number of rotatable bonds is 6. The van der Waals surface area contributed by atoms with Crippen LogP contribution in [-0.2, 0) is 0 Å². The Morgan fingerprint density at radius 3 is 2.50 bits per heavy atom. The summed E-state index contributed by atoms with van der Waals surface area (Å²) in [5.74, 6) is 3.02. The molecule has 0 saturated heterocycles. The Hall–Kier alpha value is -2.34. The van der Waals surface area contributed by atoms with E-state index in [1.165, 1.54) is 0 Å². The first-order valence-electron chi connectivity index (χ1n) is 6.42. The van der Waals surface area contributed by atoms with Crippen molar-refractivity contribution in [1.82, 2.24) is 9.97 Å². The van der Waals surface area contributed by atoms with Gasteiger partial charge in [-0.05, 0) is 31.2 Å². The summed E-state index contributed by atoms with van der Waals surface area (Å²) in [6, 6.07) is 9.51. The molecule has 0 aliphatic rings. The minimum absolute atomic E-state index is 0.560. The number of nitrogens with zero attached hydrogens (tertiary/aromatic N) is 2. The van der Waals surface area contributed by atoms with Gasteiger partial charge in [0, 0.05) is 24.8 Å². The van der Waals surface area contributed by atoms with Gasteiger partial charge in [0.2, 0.25) is 0 Å². The molecule has 20 heavy (non-hydrogen) atoms. The number of aromatic nitrogens is 2. The summed E-state index contributed by atoms with van der Waals surface area (Å²) in [5, 5.41) is 6.38. The Morgan fingerprint density at radius 1 is 1.15 bits per heavy atom. The molecule has 0 aliphatic carbocycles. The van der Waals surface area contributed by atoms with Crippen molar-refractivity contribution < 1.29 is 4.74 Å². The van der Waals surface area contributed by atoms with Gasteiger partial charge in [-0.3, -0.25) is 0 Å². The molecular formula is C14H19N5O. The highest BCUT2D eigenvalue weighted by Gasteiger charge is 2.02. The Morgan fingerprint density at radius 2 is 1.85 bits per heavy atom. The molecule has 0 atom stereocenters. The molecule has 1 aromatic carbocycles. The van der Waals surface area contributed by atoms with Crippen molar-refractivity contribution in [2.24, 2.45) is 5.73 Å². The summed E-state index contributed by atoms with van der Waals surface area (Å²) in [7, 11) is 1.64. The van der Waals surface area contributed by atoms with Gasteiger partial charge in [-0.1, -0.05) is 0 Å². The number of hydrogen-bond acceptors (Lipinski definition) is 6. The fraction of sp³-hybridized carbons (Fsp3) is 0.286. The van der Waals surface area contributed by atoms with Crippen molar-refractivity contribution in [3.63, 3.8) is 0 Å². The molecule has 0 aliphatic heterocycles. The predicted molar refractivity (Wildman–Crippen MR) is 80.6 cm³/mol. The van der Waals surface area contributed by atoms with Crippen molar-refractivity contribution in [3.05, 3.63) is 36.2 Å². The third kappa shape index (κ3) is 3.83. The van der Waals surface area contributed by atoms with E-state index in [1.54, 1.807) is 7.11 Å². The smallest absolute Gasteiger partial charge is 0.136 e. The molecule has 1 heterocycles. The van der Waals surface area contributed by atoms with Crippen LogP contribution in [0.15, 0.2) is 30.3 Å². The lowest BCUT2D eigenvalue weighted by atomic mass is 10.3. The van der Waals surface area contributed by atoms with Crippen molar-refractivity contribution >= 4 is 17.3 Å². The highest BCUT2D eigenvalue weighted by molar-refractivity contribution is 5.59. The van der Waals surface area contributed by atoms with Crippen molar-refractivity contribution in [3.8, 4) is 5.75 Å². The van der Waals surface area contributed by atoms with Crippen LogP contribution in [0.4, 0.5) is 17.3 Å². The van der Waals surface area contributed by atoms with E-state index in [9.17, 15) is 0 Å². The lowest BCUT2D eigenvalue weighted by molar-refractivity contribution is 0.415. The van der Waals surface area contributed by atoms with E-state index in [4.69, 9.17) is 10.5 Å². The van der Waals surface area contributed by atoms with Gasteiger partial charge in [0.25, 0.3) is 0 Å². The van der Waals surface area contributed by atoms with Crippen LogP contribution in [-0.4, -0.2) is 30.2 Å². The molecule has 0 amide bonds. The molecule has 0 unspecified atom stereocenters. The summed E-state index contributed by atoms with van der Waals surface area (Å²) in [4.78, 5) is 8.66. The van der Waals surface area contributed by atoms with Crippen LogP contribution in [0.25, 0.3) is 0 Å². The summed E-state index contributed by atoms with van der Waals surface area (Å²) in [6.45, 7) is 3.09. The number of aryl methyl sites for hydroxylation is 1. The molecule has 6 nitrogen and oxygen atoms in total. The fourth-order valence-corrected chi connectivity index (χ4v) is 1.74. The number of ether oxygens (including phenoxy) is 1. The molecule has 2 aromatic rings. The first-order chi connectivity index (χ1) is 9.71. The summed E-state index contributed by atoms with van der Waals surface area (Å²) >= 11 is 0. The van der Waals surface area contributed by atoms with Crippen LogP contribution < -0.4 is 21.1 Å². The SMILES string of the molecule is COc1ccc(Nc2cc(NCCN)nc(C)n2)cc1. The highest BCUT2D eigenvalue weighted by atomic mass is 16.5. The molecule has 6 heteroatoms. The molecule has 0 radical (unpaired) electrons. The maximum Gasteiger partial charge on any atom is 0.136 e. The second-order valence-electron chi connectivity index (χ2n) is 4.25. The predicted octanol–water partition coefficient (Wildman–Crippen LogP) is 1.91. The van der Waals surface area contributed by atoms with E-state index < -0.39 is 0 Å². The van der Waals surface area contributed by atoms with Gasteiger partial charge in [-0.2, -0.15) is 0 Å². The molecule has 0 spiro atoms. The zero-order chi connectivity index (χ0) is 14.4. The van der Waals surface area contributed by atoms with Crippen molar-refractivity contribution in [2.45, 2.75) is 6.92 Å². The summed E-state index contributed by atoms with van der Waals surface area (Å²) in [5.41, 5.74) is 6.41. The second kappa shape index (κ2) is 6.72. The van der Waals surface area contributed by atoms with Crippen LogP contribution in [0, 0.1) is 6.92 Å². The van der Waals surface area contributed by atoms with Crippen LogP contribution >= 0.6 is 0 Å². The zero-order valence-corrected chi connectivity index (χ0v) is 11.7. The Bertz CT molecular complexity index is 556. The monoisotopic (exact) mass is 273 g/mol. The second-order valence-corrected chi connectivity index (χ2v) is 4.25. The van der Waals surface area contributed by atoms with E-state index in [1.807, 2.05) is 37.3 Å². The Labute approximate surface area is 118 Å². The minimum atomic E-state index is 0.560. The minimum Gasteiger partial charge on any atom is -0.497 e. The van der Waals surface area contributed by atoms with Gasteiger partial charge in [-0.25, -0.2) is 9.97 Å². The number of nitrogens with one attached hydrogen (secondary N) is 2. The number of methoxy groups -OCH3 is 1. The average Bonchev–Trinajstić information content (AvgIpc) is 2.45. The third-order valence-electron chi connectivity index (χ3n) is 2.65. The number of hydrogen-bond donors (Lipinski definition) is 3. The van der Waals surface area contributed by atoms with E-state index in [0.29, 0.717) is 18.9 Å². The maximum atomic E-state index is 5.47. The topological polar surface area (TPSA) is 85.1 Å². The molecule has 0 saturated carbocycles. The highest BCUT2D eigenvalue weighted by Crippen LogP contribution is 2.20. The van der Waals surface area contributed by atoms with Gasteiger partial charge < -0.3 is 21.1 Å². The van der Waals surface area contributed by atoms with Crippen LogP contribution in [0.2, 0.25) is 0 Å². The standard InChI is InChI=1S/C14H19N5O/c1-10-17-13(16-8-7-15)9-14(18-10)19-11-3-5-12(20-2)6-4-11/h3-6,9H,7-8,15H2,1-2H3,(H2,16,17,18,19). The van der Waals surface area contributed by atoms with Gasteiger partial charge in [0.15, 0.2) is 0 Å². The van der Waals surface area contributed by atoms with E-state index >= 15 is 0 Å². The van der Waals surface area contributed by atoms with Crippen LogP contribution in [0.5, 0.6) is 5.75 Å². The molecule has 0 bridgehead atoms. The van der Waals surface area contributed by atoms with E-state index in [-0.39, 0.29) is 0 Å². The van der Waals surface area contributed by atoms with Gasteiger partial charge in [0.1, 0.15) is 23.2 Å². The van der Waals surface area contributed by atoms with Crippen LogP contribution in [0.3, 0.4) is 0 Å². The van der Waals surface area contributed by atoms with Gasteiger partial charge >= 0.3 is 0 Å². The first kappa shape index (κ1) is 14.1. The molecule has 0 fully saturated rings. The fourth-order valence-electron chi connectivity index (χ4n) is 1.74. The normalized spacial score (nSPS) is 10.2. The first-order valence-corrected chi connectivity index (χ1v) is 6.42. The van der Waals surface area contributed by atoms with Gasteiger partial charge in [-0.15, -0.1) is 0 Å². The lowest BCUT2D eigenvalue weighted by Gasteiger charge is -2.10. The van der Waals surface area contributed by atoms with E-state index in [2.05, 4.69) is 20.6 Å². The molecule has 1 aromatic heterocycles. The van der Waals surface area contributed by atoms with E-state index in [0.717, 1.165) is 23.1 Å². The number of benzene rings is 1. The van der Waals surface area contributed by atoms with Crippen LogP contribution in [0.1, 0.15) is 5.82 Å². The summed E-state index contributed by atoms with van der Waals surface area (Å²) in [6.07, 6.45) is 0. The summed E-state index contributed by atoms with van der Waals surface area (Å²) < 4.78 is 5.13. The molecule has 106 valence electrons. The average molecular weight is 273 g/mol. The van der Waals surface area contributed by atoms with Crippen molar-refractivity contribution in [2.75, 3.05) is 30.8 Å². The molecule has 2 rings (SSSR count). The Kier molecular flexibility index (Phi) is 4.73. The zero-order valence-electron chi connectivity index (χ0n) is 11.7. The quantitative estimate of drug-likeness (QED) is 0.745. The largest absolute Gasteiger partial charge is 0.497 e. The maximum absolute atomic E-state index is 5.47. The Balaban J connectivity index is 2.12. The van der Waals surface area contributed by atoms with Crippen molar-refractivity contribution in [1.29, 1.82) is 0 Å². The molecular weight excluding hydrogens is 254 g/mol. The number of nitrogens with two attached hydrogens (primary N) is 1. The lowest BCUT2D eigenvalue weighted by Crippen LogP contribution is -2.14.